The van der Waals surface area contributed by atoms with Crippen molar-refractivity contribution in [1.82, 2.24) is 15.6 Å². The highest BCUT2D eigenvalue weighted by molar-refractivity contribution is 6.01. The van der Waals surface area contributed by atoms with Gasteiger partial charge >= 0.3 is 0 Å². The van der Waals surface area contributed by atoms with Crippen molar-refractivity contribution in [3.63, 3.8) is 0 Å². The van der Waals surface area contributed by atoms with Crippen molar-refractivity contribution in [1.29, 1.82) is 5.26 Å². The third-order valence-corrected chi connectivity index (χ3v) is 4.64. The van der Waals surface area contributed by atoms with E-state index in [9.17, 15) is 9.59 Å². The molecule has 1 aliphatic carbocycles. The van der Waals surface area contributed by atoms with Crippen LogP contribution in [-0.4, -0.2) is 28.9 Å². The van der Waals surface area contributed by atoms with E-state index in [-0.39, 0.29) is 18.4 Å². The quantitative estimate of drug-likeness (QED) is 0.752. The molecule has 1 aromatic heterocycles. The summed E-state index contributed by atoms with van der Waals surface area (Å²) in [7, 11) is 0. The summed E-state index contributed by atoms with van der Waals surface area (Å²) in [6.45, 7) is -0.0498. The fourth-order valence-corrected chi connectivity index (χ4v) is 3.34. The number of rotatable bonds is 4. The van der Waals surface area contributed by atoms with Gasteiger partial charge in [-0.15, -0.1) is 0 Å². The number of carbonyl (C=O) groups excluding carboxylic acids is 2. The number of benzene rings is 1. The van der Waals surface area contributed by atoms with Gasteiger partial charge in [-0.2, -0.15) is 5.26 Å². The highest BCUT2D eigenvalue weighted by Gasteiger charge is 2.40. The Morgan fingerprint density at radius 3 is 2.75 bits per heavy atom. The summed E-state index contributed by atoms with van der Waals surface area (Å²) in [6, 6.07) is 9.23. The summed E-state index contributed by atoms with van der Waals surface area (Å²) < 4.78 is 0. The molecule has 0 radical (unpaired) electrons. The number of aromatic amines is 1. The molecule has 2 amide bonds. The standard InChI is InChI=1S/C18H20N4O2/c19-9-11-21-17(24)18(7-2-1-3-8-18)22-16(23)14-4-5-15-13(12-14)6-10-20-15/h4-6,10,12,20H,1-3,7-8,11H2,(H,21,24)(H,22,23). The van der Waals surface area contributed by atoms with Crippen molar-refractivity contribution in [2.75, 3.05) is 6.54 Å². The van der Waals surface area contributed by atoms with Crippen molar-refractivity contribution in [2.45, 2.75) is 37.6 Å². The summed E-state index contributed by atoms with van der Waals surface area (Å²) in [4.78, 5) is 28.3. The Labute approximate surface area is 140 Å². The van der Waals surface area contributed by atoms with Crippen molar-refractivity contribution in [3.05, 3.63) is 36.0 Å². The molecule has 3 rings (SSSR count). The Bertz CT molecular complexity index is 797. The van der Waals surface area contributed by atoms with E-state index < -0.39 is 5.54 Å². The number of amides is 2. The molecule has 1 aliphatic rings. The summed E-state index contributed by atoms with van der Waals surface area (Å²) in [6.07, 6.45) is 5.85. The lowest BCUT2D eigenvalue weighted by Crippen LogP contribution is -2.59. The normalized spacial score (nSPS) is 16.3. The SMILES string of the molecule is N#CCNC(=O)C1(NC(=O)c2ccc3[nH]ccc3c2)CCCCC1. The number of nitrogens with zero attached hydrogens (tertiary/aromatic N) is 1. The molecule has 1 fully saturated rings. The molecule has 6 heteroatoms. The summed E-state index contributed by atoms with van der Waals surface area (Å²) in [5, 5.41) is 15.2. The molecule has 24 heavy (non-hydrogen) atoms. The molecular formula is C18H20N4O2. The fraction of sp³-hybridized carbons (Fsp3) is 0.389. The number of nitriles is 1. The van der Waals surface area contributed by atoms with E-state index in [1.54, 1.807) is 6.07 Å². The Morgan fingerprint density at radius 1 is 1.21 bits per heavy atom. The van der Waals surface area contributed by atoms with Crippen LogP contribution >= 0.6 is 0 Å². The number of aromatic nitrogens is 1. The Morgan fingerprint density at radius 2 is 2.00 bits per heavy atom. The molecule has 124 valence electrons. The van der Waals surface area contributed by atoms with Crippen LogP contribution in [0.3, 0.4) is 0 Å². The van der Waals surface area contributed by atoms with Gasteiger partial charge in [-0.25, -0.2) is 0 Å². The van der Waals surface area contributed by atoms with Crippen molar-refractivity contribution in [2.24, 2.45) is 0 Å². The molecule has 0 atom stereocenters. The number of nitrogens with one attached hydrogen (secondary N) is 3. The molecule has 1 saturated carbocycles. The number of hydrogen-bond acceptors (Lipinski definition) is 3. The molecule has 0 saturated heterocycles. The molecule has 1 heterocycles. The second kappa shape index (κ2) is 6.75. The molecule has 0 spiro atoms. The van der Waals surface area contributed by atoms with Gasteiger partial charge < -0.3 is 15.6 Å². The minimum Gasteiger partial charge on any atom is -0.361 e. The summed E-state index contributed by atoms with van der Waals surface area (Å²) >= 11 is 0. The first kappa shape index (κ1) is 16.1. The first-order valence-corrected chi connectivity index (χ1v) is 8.19. The Balaban J connectivity index is 1.82. The number of hydrogen-bond donors (Lipinski definition) is 3. The van der Waals surface area contributed by atoms with Gasteiger partial charge in [0.15, 0.2) is 0 Å². The number of fused-ring (bicyclic) bond motifs is 1. The van der Waals surface area contributed by atoms with Crippen LogP contribution in [0.15, 0.2) is 30.5 Å². The maximum atomic E-state index is 12.7. The maximum absolute atomic E-state index is 12.7. The zero-order chi connectivity index (χ0) is 17.0. The second-order valence-corrected chi connectivity index (χ2v) is 6.22. The third kappa shape index (κ3) is 3.11. The molecule has 6 nitrogen and oxygen atoms in total. The molecule has 3 N–H and O–H groups in total. The van der Waals surface area contributed by atoms with Crippen LogP contribution in [-0.2, 0) is 4.79 Å². The molecule has 0 aliphatic heterocycles. The lowest BCUT2D eigenvalue weighted by molar-refractivity contribution is -0.128. The zero-order valence-electron chi connectivity index (χ0n) is 13.4. The van der Waals surface area contributed by atoms with Gasteiger partial charge in [0, 0.05) is 22.7 Å². The molecule has 0 unspecified atom stereocenters. The maximum Gasteiger partial charge on any atom is 0.252 e. The summed E-state index contributed by atoms with van der Waals surface area (Å²) in [5.74, 6) is -0.521. The van der Waals surface area contributed by atoms with Gasteiger partial charge in [0.05, 0.1) is 6.07 Å². The van der Waals surface area contributed by atoms with E-state index in [1.807, 2.05) is 30.5 Å². The smallest absolute Gasteiger partial charge is 0.252 e. The second-order valence-electron chi connectivity index (χ2n) is 6.22. The van der Waals surface area contributed by atoms with Gasteiger partial charge in [-0.1, -0.05) is 19.3 Å². The molecule has 0 bridgehead atoms. The van der Waals surface area contributed by atoms with E-state index in [4.69, 9.17) is 5.26 Å². The van der Waals surface area contributed by atoms with E-state index in [2.05, 4.69) is 15.6 Å². The molecular weight excluding hydrogens is 304 g/mol. The Kier molecular flexibility index (Phi) is 4.52. The van der Waals surface area contributed by atoms with Crippen LogP contribution in [0, 0.1) is 11.3 Å². The van der Waals surface area contributed by atoms with Crippen molar-refractivity contribution >= 4 is 22.7 Å². The van der Waals surface area contributed by atoms with Gasteiger partial charge in [-0.05, 0) is 37.1 Å². The molecule has 1 aromatic carbocycles. The van der Waals surface area contributed by atoms with E-state index >= 15 is 0 Å². The predicted octanol–water partition coefficient (Wildman–Crippen LogP) is 2.24. The third-order valence-electron chi connectivity index (χ3n) is 4.64. The van der Waals surface area contributed by atoms with Crippen LogP contribution in [0.1, 0.15) is 42.5 Å². The van der Waals surface area contributed by atoms with E-state index in [1.165, 1.54) is 0 Å². The minimum absolute atomic E-state index is 0.0498. The monoisotopic (exact) mass is 324 g/mol. The predicted molar refractivity (Wildman–Crippen MR) is 90.2 cm³/mol. The van der Waals surface area contributed by atoms with Crippen LogP contribution in [0.2, 0.25) is 0 Å². The van der Waals surface area contributed by atoms with E-state index in [0.717, 1.165) is 30.2 Å². The first-order valence-electron chi connectivity index (χ1n) is 8.19. The van der Waals surface area contributed by atoms with Gasteiger partial charge in [0.1, 0.15) is 12.1 Å². The topological polar surface area (TPSA) is 97.8 Å². The minimum atomic E-state index is -0.917. The van der Waals surface area contributed by atoms with Crippen LogP contribution in [0.4, 0.5) is 0 Å². The molecule has 2 aromatic rings. The number of H-pyrrole nitrogens is 1. The van der Waals surface area contributed by atoms with Crippen LogP contribution in [0.25, 0.3) is 10.9 Å². The number of carbonyl (C=O) groups is 2. The summed E-state index contributed by atoms with van der Waals surface area (Å²) in [5.41, 5.74) is 0.574. The van der Waals surface area contributed by atoms with Gasteiger partial charge in [-0.3, -0.25) is 9.59 Å². The largest absolute Gasteiger partial charge is 0.361 e. The van der Waals surface area contributed by atoms with Crippen molar-refractivity contribution < 1.29 is 9.59 Å². The highest BCUT2D eigenvalue weighted by Crippen LogP contribution is 2.29. The zero-order valence-corrected chi connectivity index (χ0v) is 13.4. The van der Waals surface area contributed by atoms with Gasteiger partial charge in [0.2, 0.25) is 5.91 Å². The van der Waals surface area contributed by atoms with E-state index in [0.29, 0.717) is 18.4 Å². The average molecular weight is 324 g/mol. The highest BCUT2D eigenvalue weighted by atomic mass is 16.2. The first-order chi connectivity index (χ1) is 11.6. The average Bonchev–Trinajstić information content (AvgIpc) is 3.08. The van der Waals surface area contributed by atoms with Crippen LogP contribution in [0.5, 0.6) is 0 Å². The fourth-order valence-electron chi connectivity index (χ4n) is 3.34. The lowest BCUT2D eigenvalue weighted by Gasteiger charge is -2.36. The van der Waals surface area contributed by atoms with Gasteiger partial charge in [0.25, 0.3) is 5.91 Å². The lowest BCUT2D eigenvalue weighted by atomic mass is 9.80. The van der Waals surface area contributed by atoms with Crippen molar-refractivity contribution in [3.8, 4) is 6.07 Å². The Hall–Kier alpha value is -2.81. The van der Waals surface area contributed by atoms with Crippen LogP contribution < -0.4 is 10.6 Å².